The Balaban J connectivity index is 2.05. The molecule has 0 saturated carbocycles. The van der Waals surface area contributed by atoms with E-state index in [-0.39, 0.29) is 0 Å². The van der Waals surface area contributed by atoms with Gasteiger partial charge in [-0.3, -0.25) is 4.90 Å². The highest BCUT2D eigenvalue weighted by atomic mass is 79.9. The third kappa shape index (κ3) is 3.87. The number of nitrogens with zero attached hydrogens (tertiary/aromatic N) is 2. The third-order valence-electron chi connectivity index (χ3n) is 3.53. The Labute approximate surface area is 129 Å². The maximum atomic E-state index is 6.39. The lowest BCUT2D eigenvalue weighted by molar-refractivity contribution is 0.231. The van der Waals surface area contributed by atoms with Crippen LogP contribution in [0.3, 0.4) is 0 Å². The standard InChI is InChI=1S/C15H22BrClN2/c1-12(2)11-18-6-8-19(9-7-18)15-13(10-16)4-3-5-14(15)17/h3-5,12H,6-11H2,1-2H3. The van der Waals surface area contributed by atoms with Crippen molar-refractivity contribution >= 4 is 33.2 Å². The van der Waals surface area contributed by atoms with Gasteiger partial charge in [-0.15, -0.1) is 0 Å². The summed E-state index contributed by atoms with van der Waals surface area (Å²) in [7, 11) is 0. The van der Waals surface area contributed by atoms with E-state index in [2.05, 4.69) is 45.6 Å². The predicted octanol–water partition coefficient (Wildman–Crippen LogP) is 4.01. The zero-order chi connectivity index (χ0) is 13.8. The largest absolute Gasteiger partial charge is 0.368 e. The summed E-state index contributed by atoms with van der Waals surface area (Å²) in [5.74, 6) is 0.741. The van der Waals surface area contributed by atoms with Crippen LogP contribution in [0.1, 0.15) is 19.4 Å². The van der Waals surface area contributed by atoms with Crippen molar-refractivity contribution in [3.8, 4) is 0 Å². The van der Waals surface area contributed by atoms with Gasteiger partial charge in [0.25, 0.3) is 0 Å². The normalized spacial score (nSPS) is 17.2. The van der Waals surface area contributed by atoms with Crippen LogP contribution in [0, 0.1) is 5.92 Å². The number of piperazine rings is 1. The molecular weight excluding hydrogens is 324 g/mol. The molecule has 0 atom stereocenters. The van der Waals surface area contributed by atoms with Crippen LogP contribution >= 0.6 is 27.5 Å². The van der Waals surface area contributed by atoms with Crippen LogP contribution in [0.2, 0.25) is 5.02 Å². The first-order valence-electron chi connectivity index (χ1n) is 6.92. The van der Waals surface area contributed by atoms with Crippen molar-refractivity contribution in [2.24, 2.45) is 5.92 Å². The molecule has 0 bridgehead atoms. The summed E-state index contributed by atoms with van der Waals surface area (Å²) < 4.78 is 0. The highest BCUT2D eigenvalue weighted by Gasteiger charge is 2.21. The van der Waals surface area contributed by atoms with Crippen LogP contribution < -0.4 is 4.90 Å². The number of anilines is 1. The molecule has 1 heterocycles. The summed E-state index contributed by atoms with van der Waals surface area (Å²) in [6.07, 6.45) is 0. The van der Waals surface area contributed by atoms with Crippen molar-refractivity contribution in [3.05, 3.63) is 28.8 Å². The Morgan fingerprint density at radius 1 is 1.21 bits per heavy atom. The summed E-state index contributed by atoms with van der Waals surface area (Å²) in [5, 5.41) is 1.73. The van der Waals surface area contributed by atoms with E-state index in [4.69, 9.17) is 11.6 Å². The molecule has 2 rings (SSSR count). The highest BCUT2D eigenvalue weighted by molar-refractivity contribution is 9.08. The van der Waals surface area contributed by atoms with Crippen molar-refractivity contribution in [3.63, 3.8) is 0 Å². The van der Waals surface area contributed by atoms with Crippen molar-refractivity contribution in [1.82, 2.24) is 4.90 Å². The molecule has 2 nitrogen and oxygen atoms in total. The quantitative estimate of drug-likeness (QED) is 0.761. The lowest BCUT2D eigenvalue weighted by Crippen LogP contribution is -2.47. The van der Waals surface area contributed by atoms with E-state index in [1.807, 2.05) is 12.1 Å². The summed E-state index contributed by atoms with van der Waals surface area (Å²) in [6.45, 7) is 10.2. The van der Waals surface area contributed by atoms with Crippen LogP contribution in [0.5, 0.6) is 0 Å². The van der Waals surface area contributed by atoms with E-state index in [0.29, 0.717) is 0 Å². The number of halogens is 2. The molecule has 0 unspecified atom stereocenters. The van der Waals surface area contributed by atoms with E-state index in [1.54, 1.807) is 0 Å². The molecule has 0 radical (unpaired) electrons. The van der Waals surface area contributed by atoms with Gasteiger partial charge < -0.3 is 4.90 Å². The van der Waals surface area contributed by atoms with Gasteiger partial charge in [0.1, 0.15) is 0 Å². The fourth-order valence-corrected chi connectivity index (χ4v) is 3.46. The minimum atomic E-state index is 0.741. The van der Waals surface area contributed by atoms with E-state index >= 15 is 0 Å². The Hall–Kier alpha value is -0.250. The molecular formula is C15H22BrClN2. The lowest BCUT2D eigenvalue weighted by atomic mass is 10.1. The van der Waals surface area contributed by atoms with Crippen molar-refractivity contribution < 1.29 is 0 Å². The van der Waals surface area contributed by atoms with E-state index in [0.717, 1.165) is 42.4 Å². The third-order valence-corrected chi connectivity index (χ3v) is 4.44. The minimum Gasteiger partial charge on any atom is -0.368 e. The van der Waals surface area contributed by atoms with Gasteiger partial charge in [-0.2, -0.15) is 0 Å². The van der Waals surface area contributed by atoms with E-state index in [9.17, 15) is 0 Å². The molecule has 19 heavy (non-hydrogen) atoms. The molecule has 1 aromatic carbocycles. The molecule has 0 amide bonds. The summed E-state index contributed by atoms with van der Waals surface area (Å²) in [6, 6.07) is 6.16. The average Bonchev–Trinajstić information content (AvgIpc) is 2.39. The second-order valence-electron chi connectivity index (χ2n) is 5.56. The molecule has 1 aliphatic heterocycles. The molecule has 4 heteroatoms. The topological polar surface area (TPSA) is 6.48 Å². The summed E-state index contributed by atoms with van der Waals surface area (Å²) in [4.78, 5) is 4.97. The zero-order valence-corrected chi connectivity index (χ0v) is 14.0. The molecule has 1 saturated heterocycles. The predicted molar refractivity (Wildman–Crippen MR) is 87.6 cm³/mol. The van der Waals surface area contributed by atoms with Crippen molar-refractivity contribution in [2.75, 3.05) is 37.6 Å². The first kappa shape index (κ1) is 15.1. The SMILES string of the molecule is CC(C)CN1CCN(c2c(Cl)cccc2CBr)CC1. The van der Waals surface area contributed by atoms with Gasteiger partial charge in [-0.25, -0.2) is 0 Å². The van der Waals surface area contributed by atoms with Gasteiger partial charge in [-0.1, -0.05) is 53.5 Å². The zero-order valence-electron chi connectivity index (χ0n) is 11.7. The first-order chi connectivity index (χ1) is 9.11. The molecule has 0 N–H and O–H groups in total. The fraction of sp³-hybridized carbons (Fsp3) is 0.600. The first-order valence-corrected chi connectivity index (χ1v) is 8.42. The number of benzene rings is 1. The maximum Gasteiger partial charge on any atom is 0.0642 e. The Bertz CT molecular complexity index is 415. The molecule has 0 spiro atoms. The van der Waals surface area contributed by atoms with Crippen molar-refractivity contribution in [2.45, 2.75) is 19.2 Å². The molecule has 0 aromatic heterocycles. The Morgan fingerprint density at radius 2 is 1.89 bits per heavy atom. The van der Waals surface area contributed by atoms with Gasteiger partial charge in [0.2, 0.25) is 0 Å². The van der Waals surface area contributed by atoms with E-state index < -0.39 is 0 Å². The van der Waals surface area contributed by atoms with Crippen LogP contribution in [-0.4, -0.2) is 37.6 Å². The average molecular weight is 346 g/mol. The number of hydrogen-bond donors (Lipinski definition) is 0. The number of rotatable bonds is 4. The van der Waals surface area contributed by atoms with Crippen LogP contribution in [0.4, 0.5) is 5.69 Å². The Morgan fingerprint density at radius 3 is 2.47 bits per heavy atom. The van der Waals surface area contributed by atoms with Gasteiger partial charge in [0, 0.05) is 38.1 Å². The highest BCUT2D eigenvalue weighted by Crippen LogP contribution is 2.32. The molecule has 0 aliphatic carbocycles. The van der Waals surface area contributed by atoms with Gasteiger partial charge in [-0.05, 0) is 17.5 Å². The van der Waals surface area contributed by atoms with E-state index in [1.165, 1.54) is 17.8 Å². The van der Waals surface area contributed by atoms with Crippen LogP contribution in [0.25, 0.3) is 0 Å². The van der Waals surface area contributed by atoms with Crippen LogP contribution in [0.15, 0.2) is 18.2 Å². The van der Waals surface area contributed by atoms with Gasteiger partial charge in [0.15, 0.2) is 0 Å². The fourth-order valence-electron chi connectivity index (χ4n) is 2.69. The number of hydrogen-bond acceptors (Lipinski definition) is 2. The molecule has 106 valence electrons. The van der Waals surface area contributed by atoms with Gasteiger partial charge in [0.05, 0.1) is 10.7 Å². The molecule has 1 aromatic rings. The molecule has 1 fully saturated rings. The maximum absolute atomic E-state index is 6.39. The summed E-state index contributed by atoms with van der Waals surface area (Å²) in [5.41, 5.74) is 2.50. The van der Waals surface area contributed by atoms with Crippen LogP contribution in [-0.2, 0) is 5.33 Å². The minimum absolute atomic E-state index is 0.741. The number of alkyl halides is 1. The second kappa shape index (κ2) is 6.96. The smallest absolute Gasteiger partial charge is 0.0642 e. The molecule has 1 aliphatic rings. The van der Waals surface area contributed by atoms with Crippen molar-refractivity contribution in [1.29, 1.82) is 0 Å². The summed E-state index contributed by atoms with van der Waals surface area (Å²) >= 11 is 9.94. The second-order valence-corrected chi connectivity index (χ2v) is 6.53. The monoisotopic (exact) mass is 344 g/mol. The lowest BCUT2D eigenvalue weighted by Gasteiger charge is -2.38. The Kier molecular flexibility index (Phi) is 5.55. The van der Waals surface area contributed by atoms with Gasteiger partial charge >= 0.3 is 0 Å². The number of para-hydroxylation sites is 1.